The van der Waals surface area contributed by atoms with E-state index in [1.54, 1.807) is 12.1 Å². The number of hydrogen-bond donors (Lipinski definition) is 0. The minimum Gasteiger partial charge on any atom is -0.494 e. The van der Waals surface area contributed by atoms with Gasteiger partial charge < -0.3 is 9.64 Å². The molecule has 0 bridgehead atoms. The van der Waals surface area contributed by atoms with E-state index in [1.807, 2.05) is 23.9 Å². The van der Waals surface area contributed by atoms with Gasteiger partial charge in [-0.1, -0.05) is 0 Å². The molecule has 0 unspecified atom stereocenters. The first-order chi connectivity index (χ1) is 11.8. The number of thioether (sulfide) groups is 1. The number of rotatable bonds is 7. The van der Waals surface area contributed by atoms with E-state index in [1.165, 1.54) is 39.0 Å². The van der Waals surface area contributed by atoms with E-state index in [2.05, 4.69) is 22.1 Å². The van der Waals surface area contributed by atoms with Gasteiger partial charge in [0, 0.05) is 30.9 Å². The number of likely N-dealkylation sites (tertiary alicyclic amines) is 2. The molecule has 4 nitrogen and oxygen atoms in total. The van der Waals surface area contributed by atoms with Crippen LogP contribution in [0.2, 0.25) is 0 Å². The predicted molar refractivity (Wildman–Crippen MR) is 99.6 cm³/mol. The highest BCUT2D eigenvalue weighted by atomic mass is 32.2. The predicted octanol–water partition coefficient (Wildman–Crippen LogP) is 2.84. The summed E-state index contributed by atoms with van der Waals surface area (Å²) < 4.78 is 5.79. The van der Waals surface area contributed by atoms with Crippen molar-refractivity contribution in [2.45, 2.75) is 30.6 Å². The third-order valence-electron chi connectivity index (χ3n) is 5.10. The lowest BCUT2D eigenvalue weighted by molar-refractivity contribution is 0.222. The molecule has 2 atom stereocenters. The van der Waals surface area contributed by atoms with Gasteiger partial charge in [-0.2, -0.15) is 17.0 Å². The van der Waals surface area contributed by atoms with Gasteiger partial charge >= 0.3 is 0 Å². The number of benzene rings is 1. The molecule has 0 radical (unpaired) electrons. The average Bonchev–Trinajstić information content (AvgIpc) is 3.28. The molecule has 0 aliphatic carbocycles. The monoisotopic (exact) mass is 345 g/mol. The van der Waals surface area contributed by atoms with E-state index in [4.69, 9.17) is 10.00 Å². The molecule has 2 saturated heterocycles. The fraction of sp³-hybridized carbons (Fsp3) is 0.632. The lowest BCUT2D eigenvalue weighted by atomic mass is 10.2. The summed E-state index contributed by atoms with van der Waals surface area (Å²) >= 11 is 2.03. The van der Waals surface area contributed by atoms with Crippen LogP contribution >= 0.6 is 11.8 Å². The van der Waals surface area contributed by atoms with Crippen LogP contribution in [0.25, 0.3) is 0 Å². The Morgan fingerprint density at radius 2 is 1.96 bits per heavy atom. The van der Waals surface area contributed by atoms with Crippen molar-refractivity contribution in [2.75, 3.05) is 45.6 Å². The molecule has 1 aromatic carbocycles. The summed E-state index contributed by atoms with van der Waals surface area (Å²) in [6, 6.07) is 10.2. The normalized spacial score (nSPS) is 25.0. The first-order valence-electron chi connectivity index (χ1n) is 8.92. The second-order valence-electron chi connectivity index (χ2n) is 6.68. The molecule has 3 rings (SSSR count). The molecule has 5 heteroatoms. The number of ether oxygens (including phenoxy) is 1. The van der Waals surface area contributed by atoms with Crippen molar-refractivity contribution in [1.29, 1.82) is 5.26 Å². The van der Waals surface area contributed by atoms with Gasteiger partial charge in [-0.15, -0.1) is 0 Å². The van der Waals surface area contributed by atoms with E-state index in [0.717, 1.165) is 36.6 Å². The van der Waals surface area contributed by atoms with E-state index >= 15 is 0 Å². The quantitative estimate of drug-likeness (QED) is 0.711. The molecule has 1 aromatic rings. The Labute approximate surface area is 149 Å². The highest BCUT2D eigenvalue weighted by Gasteiger charge is 2.36. The summed E-state index contributed by atoms with van der Waals surface area (Å²) in [7, 11) is 0. The van der Waals surface area contributed by atoms with Crippen molar-refractivity contribution in [2.24, 2.45) is 0 Å². The topological polar surface area (TPSA) is 39.5 Å². The highest BCUT2D eigenvalue weighted by molar-refractivity contribution is 7.99. The van der Waals surface area contributed by atoms with Crippen molar-refractivity contribution in [3.05, 3.63) is 29.8 Å². The lowest BCUT2D eigenvalue weighted by Crippen LogP contribution is -2.40. The average molecular weight is 346 g/mol. The Balaban J connectivity index is 1.39. The van der Waals surface area contributed by atoms with Gasteiger partial charge in [-0.3, -0.25) is 4.90 Å². The number of nitriles is 1. The van der Waals surface area contributed by atoms with Crippen molar-refractivity contribution in [3.63, 3.8) is 0 Å². The fourth-order valence-electron chi connectivity index (χ4n) is 3.77. The molecule has 0 saturated carbocycles. The number of nitrogens with zero attached hydrogens (tertiary/aromatic N) is 3. The standard InChI is InChI=1S/C19H27N3OS/c1-24-19-15-21(14-18(19)22-10-2-3-11-22)9-4-12-23-17-7-5-16(13-20)6-8-17/h5-8,18-19H,2-4,9-12,14-15H2,1H3/t18-,19-/m0/s1. The minimum atomic E-state index is 0.676. The van der Waals surface area contributed by atoms with Crippen molar-refractivity contribution >= 4 is 11.8 Å². The molecule has 2 aliphatic rings. The van der Waals surface area contributed by atoms with Crippen LogP contribution in [0.15, 0.2) is 24.3 Å². The van der Waals surface area contributed by atoms with Gasteiger partial charge in [-0.05, 0) is 62.9 Å². The maximum atomic E-state index is 8.80. The maximum Gasteiger partial charge on any atom is 0.119 e. The van der Waals surface area contributed by atoms with Crippen molar-refractivity contribution in [1.82, 2.24) is 9.80 Å². The van der Waals surface area contributed by atoms with Gasteiger partial charge in [0.25, 0.3) is 0 Å². The molecule has 0 N–H and O–H groups in total. The zero-order chi connectivity index (χ0) is 16.8. The van der Waals surface area contributed by atoms with Crippen LogP contribution in [0.5, 0.6) is 5.75 Å². The Bertz CT molecular complexity index is 551. The Kier molecular flexibility index (Phi) is 6.42. The second-order valence-corrected chi connectivity index (χ2v) is 7.76. The van der Waals surface area contributed by atoms with Gasteiger partial charge in [0.05, 0.1) is 18.2 Å². The number of hydrogen-bond acceptors (Lipinski definition) is 5. The summed E-state index contributed by atoms with van der Waals surface area (Å²) in [5, 5.41) is 9.56. The summed E-state index contributed by atoms with van der Waals surface area (Å²) in [5.41, 5.74) is 0.676. The third-order valence-corrected chi connectivity index (χ3v) is 6.16. The SMILES string of the molecule is CS[C@H]1CN(CCCOc2ccc(C#N)cc2)C[C@@H]1N1CCCC1. The lowest BCUT2D eigenvalue weighted by Gasteiger charge is -2.27. The van der Waals surface area contributed by atoms with Gasteiger partial charge in [0.1, 0.15) is 5.75 Å². The van der Waals surface area contributed by atoms with Crippen LogP contribution in [-0.2, 0) is 0 Å². The highest BCUT2D eigenvalue weighted by Crippen LogP contribution is 2.27. The maximum absolute atomic E-state index is 8.80. The third kappa shape index (κ3) is 4.44. The summed E-state index contributed by atoms with van der Waals surface area (Å²) in [6.07, 6.45) is 6.05. The van der Waals surface area contributed by atoms with Crippen LogP contribution in [0, 0.1) is 11.3 Å². The molecular weight excluding hydrogens is 318 g/mol. The van der Waals surface area contributed by atoms with E-state index in [-0.39, 0.29) is 0 Å². The molecule has 24 heavy (non-hydrogen) atoms. The van der Waals surface area contributed by atoms with E-state index < -0.39 is 0 Å². The molecule has 2 aliphatic heterocycles. The van der Waals surface area contributed by atoms with Crippen LogP contribution in [-0.4, -0.2) is 66.7 Å². The van der Waals surface area contributed by atoms with Gasteiger partial charge in [0.15, 0.2) is 0 Å². The summed E-state index contributed by atoms with van der Waals surface area (Å²) in [6.45, 7) is 6.84. The van der Waals surface area contributed by atoms with Crippen LogP contribution < -0.4 is 4.74 Å². The van der Waals surface area contributed by atoms with Crippen LogP contribution in [0.1, 0.15) is 24.8 Å². The first-order valence-corrected chi connectivity index (χ1v) is 10.2. The van der Waals surface area contributed by atoms with Gasteiger partial charge in [-0.25, -0.2) is 0 Å². The Morgan fingerprint density at radius 1 is 1.21 bits per heavy atom. The molecular formula is C19H27N3OS. The molecule has 0 aromatic heterocycles. The van der Waals surface area contributed by atoms with Crippen molar-refractivity contribution in [3.8, 4) is 11.8 Å². The van der Waals surface area contributed by atoms with Crippen molar-refractivity contribution < 1.29 is 4.74 Å². The zero-order valence-electron chi connectivity index (χ0n) is 14.5. The molecule has 130 valence electrons. The fourth-order valence-corrected chi connectivity index (χ4v) is 4.71. The van der Waals surface area contributed by atoms with E-state index in [0.29, 0.717) is 5.56 Å². The van der Waals surface area contributed by atoms with Crippen LogP contribution in [0.4, 0.5) is 0 Å². The smallest absolute Gasteiger partial charge is 0.119 e. The van der Waals surface area contributed by atoms with Crippen LogP contribution in [0.3, 0.4) is 0 Å². The Hall–Kier alpha value is -1.22. The summed E-state index contributed by atoms with van der Waals surface area (Å²) in [5.74, 6) is 0.854. The first kappa shape index (κ1) is 17.6. The van der Waals surface area contributed by atoms with Gasteiger partial charge in [0.2, 0.25) is 0 Å². The van der Waals surface area contributed by atoms with E-state index in [9.17, 15) is 0 Å². The largest absolute Gasteiger partial charge is 0.494 e. The zero-order valence-corrected chi connectivity index (χ0v) is 15.3. The summed E-state index contributed by atoms with van der Waals surface area (Å²) in [4.78, 5) is 5.31. The second kappa shape index (κ2) is 8.75. The minimum absolute atomic E-state index is 0.676. The molecule has 2 fully saturated rings. The molecule has 0 spiro atoms. The molecule has 0 amide bonds. The Morgan fingerprint density at radius 3 is 2.62 bits per heavy atom. The molecule has 2 heterocycles.